The highest BCUT2D eigenvalue weighted by Crippen LogP contribution is 2.23. The van der Waals surface area contributed by atoms with E-state index in [4.69, 9.17) is 16.3 Å². The number of piperidine rings is 1. The van der Waals surface area contributed by atoms with Crippen molar-refractivity contribution >= 4 is 23.5 Å². The number of hydrogen-bond donors (Lipinski definition) is 0. The molecule has 0 aromatic carbocycles. The molecule has 1 aromatic rings. The maximum Gasteiger partial charge on any atom is 0.410 e. The lowest BCUT2D eigenvalue weighted by Crippen LogP contribution is -2.50. The summed E-state index contributed by atoms with van der Waals surface area (Å²) in [6, 6.07) is 2.09. The fourth-order valence-corrected chi connectivity index (χ4v) is 3.15. The van der Waals surface area contributed by atoms with Crippen LogP contribution in [-0.2, 0) is 11.2 Å². The fraction of sp³-hybridized carbons (Fsp3) is 0.722. The van der Waals surface area contributed by atoms with Gasteiger partial charge in [-0.1, -0.05) is 13.3 Å². The van der Waals surface area contributed by atoms with Gasteiger partial charge < -0.3 is 14.5 Å². The van der Waals surface area contributed by atoms with E-state index in [9.17, 15) is 4.79 Å². The van der Waals surface area contributed by atoms with E-state index in [2.05, 4.69) is 21.8 Å². The number of aryl methyl sites for hydroxylation is 1. The minimum absolute atomic E-state index is 0.0898. The minimum Gasteiger partial charge on any atom is -0.444 e. The molecule has 140 valence electrons. The molecule has 2 heterocycles. The van der Waals surface area contributed by atoms with E-state index < -0.39 is 5.60 Å². The van der Waals surface area contributed by atoms with Gasteiger partial charge in [-0.2, -0.15) is 0 Å². The molecule has 7 heteroatoms. The Kier molecular flexibility index (Phi) is 6.49. The number of halogens is 1. The molecule has 0 bridgehead atoms. The molecule has 1 aromatic heterocycles. The van der Waals surface area contributed by atoms with Crippen LogP contribution in [0.15, 0.2) is 6.07 Å². The van der Waals surface area contributed by atoms with Gasteiger partial charge >= 0.3 is 6.09 Å². The molecular weight excluding hydrogens is 340 g/mol. The Bertz CT molecular complexity index is 603. The van der Waals surface area contributed by atoms with Gasteiger partial charge in [-0.15, -0.1) is 0 Å². The third-order valence-corrected chi connectivity index (χ3v) is 4.36. The van der Waals surface area contributed by atoms with Crippen LogP contribution in [0.25, 0.3) is 0 Å². The third-order valence-electron chi connectivity index (χ3n) is 4.19. The van der Waals surface area contributed by atoms with Gasteiger partial charge in [0.05, 0.1) is 6.04 Å². The summed E-state index contributed by atoms with van der Waals surface area (Å²) in [5.41, 5.74) is 0.467. The van der Waals surface area contributed by atoms with Crippen LogP contribution in [0.5, 0.6) is 0 Å². The number of ether oxygens (including phenoxy) is 1. The van der Waals surface area contributed by atoms with E-state index >= 15 is 0 Å². The molecule has 2 rings (SSSR count). The summed E-state index contributed by atoms with van der Waals surface area (Å²) in [5.74, 6) is 0.839. The normalized spacial score (nSPS) is 18.2. The van der Waals surface area contributed by atoms with Crippen LogP contribution < -0.4 is 4.90 Å². The van der Waals surface area contributed by atoms with E-state index in [1.807, 2.05) is 26.8 Å². The zero-order valence-corrected chi connectivity index (χ0v) is 16.6. The van der Waals surface area contributed by atoms with E-state index in [-0.39, 0.29) is 17.4 Å². The first-order valence-electron chi connectivity index (χ1n) is 8.94. The number of anilines is 1. The highest BCUT2D eigenvalue weighted by Gasteiger charge is 2.29. The van der Waals surface area contributed by atoms with E-state index in [1.54, 1.807) is 11.9 Å². The molecule has 0 spiro atoms. The second-order valence-corrected chi connectivity index (χ2v) is 7.91. The Morgan fingerprint density at radius 3 is 2.80 bits per heavy atom. The van der Waals surface area contributed by atoms with Crippen molar-refractivity contribution in [2.75, 3.05) is 25.0 Å². The Morgan fingerprint density at radius 1 is 1.44 bits per heavy atom. The molecule has 1 aliphatic rings. The molecule has 1 aliphatic heterocycles. The molecule has 1 amide bonds. The van der Waals surface area contributed by atoms with Gasteiger partial charge in [0.2, 0.25) is 5.28 Å². The molecule has 0 N–H and O–H groups in total. The zero-order valence-electron chi connectivity index (χ0n) is 15.9. The van der Waals surface area contributed by atoms with Crippen molar-refractivity contribution in [1.29, 1.82) is 0 Å². The Hall–Kier alpha value is -1.56. The smallest absolute Gasteiger partial charge is 0.410 e. The molecule has 1 saturated heterocycles. The van der Waals surface area contributed by atoms with Crippen LogP contribution in [0.3, 0.4) is 0 Å². The SMILES string of the molecule is CCCc1cc(N2CCC[C@@H](N(C)C(=O)OC(C)(C)C)C2)nc(Cl)n1. The number of nitrogens with zero attached hydrogens (tertiary/aromatic N) is 4. The highest BCUT2D eigenvalue weighted by atomic mass is 35.5. The first kappa shape index (κ1) is 19.8. The van der Waals surface area contributed by atoms with Gasteiger partial charge in [0.1, 0.15) is 11.4 Å². The quantitative estimate of drug-likeness (QED) is 0.754. The third kappa shape index (κ3) is 5.73. The molecule has 6 nitrogen and oxygen atoms in total. The topological polar surface area (TPSA) is 58.6 Å². The second-order valence-electron chi connectivity index (χ2n) is 7.57. The van der Waals surface area contributed by atoms with Crippen molar-refractivity contribution in [2.24, 2.45) is 0 Å². The summed E-state index contributed by atoms with van der Waals surface area (Å²) in [6.07, 6.45) is 3.54. The lowest BCUT2D eigenvalue weighted by molar-refractivity contribution is 0.0209. The lowest BCUT2D eigenvalue weighted by Gasteiger charge is -2.38. The van der Waals surface area contributed by atoms with E-state index in [0.717, 1.165) is 43.7 Å². The number of carbonyl (C=O) groups is 1. The predicted molar refractivity (Wildman–Crippen MR) is 100 cm³/mol. The number of carbonyl (C=O) groups excluding carboxylic acids is 1. The number of amides is 1. The van der Waals surface area contributed by atoms with Gasteiger partial charge in [-0.05, 0) is 51.6 Å². The van der Waals surface area contributed by atoms with Crippen molar-refractivity contribution in [3.63, 3.8) is 0 Å². The Labute approximate surface area is 155 Å². The van der Waals surface area contributed by atoms with Gasteiger partial charge in [-0.25, -0.2) is 14.8 Å². The van der Waals surface area contributed by atoms with Crippen molar-refractivity contribution in [1.82, 2.24) is 14.9 Å². The van der Waals surface area contributed by atoms with Gasteiger partial charge in [0.15, 0.2) is 0 Å². The largest absolute Gasteiger partial charge is 0.444 e. The summed E-state index contributed by atoms with van der Waals surface area (Å²) in [4.78, 5) is 24.9. The van der Waals surface area contributed by atoms with Crippen LogP contribution in [0, 0.1) is 0 Å². The second kappa shape index (κ2) is 8.21. The fourth-order valence-electron chi connectivity index (χ4n) is 2.96. The first-order chi connectivity index (χ1) is 11.7. The van der Waals surface area contributed by atoms with Crippen molar-refractivity contribution < 1.29 is 9.53 Å². The minimum atomic E-state index is -0.491. The average molecular weight is 369 g/mol. The molecule has 0 radical (unpaired) electrons. The lowest BCUT2D eigenvalue weighted by atomic mass is 10.0. The summed E-state index contributed by atoms with van der Waals surface area (Å²) in [5, 5.41) is 0.281. The van der Waals surface area contributed by atoms with Crippen molar-refractivity contribution in [3.05, 3.63) is 17.0 Å². The predicted octanol–water partition coefficient (Wildman–Crippen LogP) is 3.92. The number of rotatable bonds is 4. The Balaban J connectivity index is 2.09. The molecular formula is C18H29ClN4O2. The number of aromatic nitrogens is 2. The zero-order chi connectivity index (χ0) is 18.6. The Morgan fingerprint density at radius 2 is 2.16 bits per heavy atom. The molecule has 0 aliphatic carbocycles. The standard InChI is InChI=1S/C18H29ClN4O2/c1-6-8-13-11-15(21-16(19)20-13)23-10-7-9-14(12-23)22(5)17(24)25-18(2,3)4/h11,14H,6-10,12H2,1-5H3/t14-/m1/s1. The summed E-state index contributed by atoms with van der Waals surface area (Å²) in [7, 11) is 1.80. The van der Waals surface area contributed by atoms with Crippen LogP contribution in [0.2, 0.25) is 5.28 Å². The van der Waals surface area contributed by atoms with E-state index in [0.29, 0.717) is 6.54 Å². The first-order valence-corrected chi connectivity index (χ1v) is 9.31. The monoisotopic (exact) mass is 368 g/mol. The van der Waals surface area contributed by atoms with Crippen LogP contribution >= 0.6 is 11.6 Å². The van der Waals surface area contributed by atoms with Gasteiger partial charge in [0.25, 0.3) is 0 Å². The average Bonchev–Trinajstić information content (AvgIpc) is 2.52. The molecule has 0 saturated carbocycles. The van der Waals surface area contributed by atoms with Gasteiger partial charge in [-0.3, -0.25) is 0 Å². The summed E-state index contributed by atoms with van der Waals surface area (Å²) < 4.78 is 5.49. The highest BCUT2D eigenvalue weighted by molar-refractivity contribution is 6.28. The van der Waals surface area contributed by atoms with E-state index in [1.165, 1.54) is 0 Å². The van der Waals surface area contributed by atoms with Gasteiger partial charge in [0, 0.05) is 31.9 Å². The van der Waals surface area contributed by atoms with Crippen molar-refractivity contribution in [2.45, 2.75) is 65.0 Å². The summed E-state index contributed by atoms with van der Waals surface area (Å²) in [6.45, 7) is 9.37. The van der Waals surface area contributed by atoms with Crippen LogP contribution in [0.4, 0.5) is 10.6 Å². The number of likely N-dealkylation sites (N-methyl/N-ethyl adjacent to an activating group) is 1. The maximum absolute atomic E-state index is 12.3. The molecule has 1 atom stereocenters. The maximum atomic E-state index is 12.3. The molecule has 1 fully saturated rings. The molecule has 25 heavy (non-hydrogen) atoms. The van der Waals surface area contributed by atoms with Crippen LogP contribution in [0.1, 0.15) is 52.7 Å². The molecule has 0 unspecified atom stereocenters. The van der Waals surface area contributed by atoms with Crippen molar-refractivity contribution in [3.8, 4) is 0 Å². The summed E-state index contributed by atoms with van der Waals surface area (Å²) >= 11 is 6.09. The van der Waals surface area contributed by atoms with Crippen LogP contribution in [-0.4, -0.2) is 52.7 Å². The number of hydrogen-bond acceptors (Lipinski definition) is 5.